The van der Waals surface area contributed by atoms with Crippen molar-refractivity contribution in [1.82, 2.24) is 5.32 Å². The Morgan fingerprint density at radius 3 is 2.39 bits per heavy atom. The molecule has 4 nitrogen and oxygen atoms in total. The summed E-state index contributed by atoms with van der Waals surface area (Å²) in [5.74, 6) is -1.76. The van der Waals surface area contributed by atoms with Gasteiger partial charge in [-0.3, -0.25) is 0 Å². The Kier molecular flexibility index (Phi) is 5.90. The van der Waals surface area contributed by atoms with Gasteiger partial charge in [-0.05, 0) is 23.6 Å². The number of amides is 2. The number of urea groups is 1. The van der Waals surface area contributed by atoms with Gasteiger partial charge >= 0.3 is 6.03 Å². The molecule has 0 unspecified atom stereocenters. The number of anilines is 1. The van der Waals surface area contributed by atoms with Crippen LogP contribution in [0.15, 0.2) is 36.4 Å². The molecule has 2 amide bonds. The number of rotatable bonds is 5. The fraction of sp³-hybridized carbons (Fsp3) is 0.188. The molecule has 0 aliphatic heterocycles. The molecule has 0 fully saturated rings. The predicted octanol–water partition coefficient (Wildman–Crippen LogP) is 3.47. The Hall–Kier alpha value is -2.18. The van der Waals surface area contributed by atoms with Crippen LogP contribution in [0.4, 0.5) is 19.3 Å². The standard InChI is InChI=1S/C16H15ClF2N2O2/c17-13-7-12(18)8-14(19)15(13)21-16(23)20-6-5-10-1-3-11(9-22)4-2-10/h1-4,7-8,22H,5-6,9H2,(H2,20,21,23). The molecule has 122 valence electrons. The zero-order valence-corrected chi connectivity index (χ0v) is 12.8. The Balaban J connectivity index is 1.85. The minimum atomic E-state index is -0.940. The maximum atomic E-state index is 13.5. The van der Waals surface area contributed by atoms with E-state index >= 15 is 0 Å². The Labute approximate surface area is 137 Å². The van der Waals surface area contributed by atoms with Crippen molar-refractivity contribution >= 4 is 23.3 Å². The molecule has 0 aliphatic rings. The van der Waals surface area contributed by atoms with Crippen LogP contribution < -0.4 is 10.6 Å². The molecule has 2 aromatic carbocycles. The first kappa shape index (κ1) is 17.2. The van der Waals surface area contributed by atoms with E-state index < -0.39 is 17.7 Å². The van der Waals surface area contributed by atoms with Crippen molar-refractivity contribution in [2.45, 2.75) is 13.0 Å². The Morgan fingerprint density at radius 1 is 1.13 bits per heavy atom. The normalized spacial score (nSPS) is 10.4. The molecular weight excluding hydrogens is 326 g/mol. The minimum Gasteiger partial charge on any atom is -0.392 e. The molecule has 3 N–H and O–H groups in total. The molecule has 7 heteroatoms. The topological polar surface area (TPSA) is 61.4 Å². The summed E-state index contributed by atoms with van der Waals surface area (Å²) in [6.45, 7) is 0.301. The van der Waals surface area contributed by atoms with Gasteiger partial charge in [0, 0.05) is 12.6 Å². The first-order valence-electron chi connectivity index (χ1n) is 6.87. The lowest BCUT2D eigenvalue weighted by Crippen LogP contribution is -2.30. The van der Waals surface area contributed by atoms with E-state index in [0.717, 1.165) is 17.2 Å². The second-order valence-electron chi connectivity index (χ2n) is 4.85. The molecule has 0 bridgehead atoms. The zero-order valence-electron chi connectivity index (χ0n) is 12.1. The van der Waals surface area contributed by atoms with E-state index in [-0.39, 0.29) is 17.3 Å². The van der Waals surface area contributed by atoms with Gasteiger partial charge in [0.05, 0.1) is 17.3 Å². The highest BCUT2D eigenvalue weighted by Gasteiger charge is 2.12. The third-order valence-corrected chi connectivity index (χ3v) is 3.45. The number of carbonyl (C=O) groups is 1. The van der Waals surface area contributed by atoms with E-state index in [4.69, 9.17) is 16.7 Å². The van der Waals surface area contributed by atoms with Crippen molar-refractivity contribution in [1.29, 1.82) is 0 Å². The maximum Gasteiger partial charge on any atom is 0.319 e. The molecule has 0 saturated heterocycles. The summed E-state index contributed by atoms with van der Waals surface area (Å²) in [5.41, 5.74) is 1.52. The summed E-state index contributed by atoms with van der Waals surface area (Å²) in [6.07, 6.45) is 0.568. The molecule has 0 aliphatic carbocycles. The Morgan fingerprint density at radius 2 is 1.78 bits per heavy atom. The average Bonchev–Trinajstić information content (AvgIpc) is 2.51. The second kappa shape index (κ2) is 7.89. The van der Waals surface area contributed by atoms with Crippen LogP contribution >= 0.6 is 11.6 Å². The third kappa shape index (κ3) is 4.91. The van der Waals surface area contributed by atoms with Crippen molar-refractivity contribution < 1.29 is 18.7 Å². The van der Waals surface area contributed by atoms with Gasteiger partial charge in [-0.25, -0.2) is 13.6 Å². The summed E-state index contributed by atoms with van der Waals surface area (Å²) >= 11 is 5.69. The SMILES string of the molecule is O=C(NCCc1ccc(CO)cc1)Nc1c(F)cc(F)cc1Cl. The lowest BCUT2D eigenvalue weighted by atomic mass is 10.1. The van der Waals surface area contributed by atoms with Gasteiger partial charge in [0.25, 0.3) is 0 Å². The van der Waals surface area contributed by atoms with Gasteiger partial charge in [-0.1, -0.05) is 35.9 Å². The summed E-state index contributed by atoms with van der Waals surface area (Å²) < 4.78 is 26.5. The quantitative estimate of drug-likeness (QED) is 0.780. The highest BCUT2D eigenvalue weighted by molar-refractivity contribution is 6.33. The number of aliphatic hydroxyl groups excluding tert-OH is 1. The van der Waals surface area contributed by atoms with Gasteiger partial charge in [-0.2, -0.15) is 0 Å². The van der Waals surface area contributed by atoms with E-state index in [0.29, 0.717) is 19.0 Å². The van der Waals surface area contributed by atoms with Gasteiger partial charge in [0.2, 0.25) is 0 Å². The van der Waals surface area contributed by atoms with E-state index in [2.05, 4.69) is 10.6 Å². The number of halogens is 3. The summed E-state index contributed by atoms with van der Waals surface area (Å²) in [5, 5.41) is 13.6. The predicted molar refractivity (Wildman–Crippen MR) is 84.5 cm³/mol. The van der Waals surface area contributed by atoms with Crippen LogP contribution in [0.25, 0.3) is 0 Å². The number of nitrogens with one attached hydrogen (secondary N) is 2. The molecule has 23 heavy (non-hydrogen) atoms. The smallest absolute Gasteiger partial charge is 0.319 e. The fourth-order valence-corrected chi connectivity index (χ4v) is 2.19. The largest absolute Gasteiger partial charge is 0.392 e. The number of hydrogen-bond acceptors (Lipinski definition) is 2. The molecular formula is C16H15ClF2N2O2. The van der Waals surface area contributed by atoms with E-state index in [9.17, 15) is 13.6 Å². The van der Waals surface area contributed by atoms with Crippen molar-refractivity contribution in [3.63, 3.8) is 0 Å². The molecule has 0 atom stereocenters. The molecule has 0 aromatic heterocycles. The monoisotopic (exact) mass is 340 g/mol. The first-order chi connectivity index (χ1) is 11.0. The van der Waals surface area contributed by atoms with E-state index in [1.165, 1.54) is 0 Å². The van der Waals surface area contributed by atoms with Gasteiger partial charge < -0.3 is 15.7 Å². The van der Waals surface area contributed by atoms with E-state index in [1.807, 2.05) is 12.1 Å². The van der Waals surface area contributed by atoms with Gasteiger partial charge in [-0.15, -0.1) is 0 Å². The van der Waals surface area contributed by atoms with Crippen molar-refractivity contribution in [3.05, 3.63) is 64.2 Å². The molecule has 0 radical (unpaired) electrons. The van der Waals surface area contributed by atoms with Gasteiger partial charge in [0.1, 0.15) is 5.82 Å². The molecule has 0 saturated carbocycles. The fourth-order valence-electron chi connectivity index (χ4n) is 1.95. The summed E-state index contributed by atoms with van der Waals surface area (Å²) in [6, 6.07) is 8.21. The third-order valence-electron chi connectivity index (χ3n) is 3.15. The highest BCUT2D eigenvalue weighted by atomic mass is 35.5. The number of hydrogen-bond donors (Lipinski definition) is 3. The van der Waals surface area contributed by atoms with Crippen LogP contribution in [-0.2, 0) is 13.0 Å². The summed E-state index contributed by atoms with van der Waals surface area (Å²) in [4.78, 5) is 11.7. The molecule has 2 aromatic rings. The number of benzene rings is 2. The van der Waals surface area contributed by atoms with Crippen LogP contribution in [0.2, 0.25) is 5.02 Å². The molecule has 2 rings (SSSR count). The average molecular weight is 341 g/mol. The maximum absolute atomic E-state index is 13.5. The Bertz CT molecular complexity index is 670. The number of carbonyl (C=O) groups excluding carboxylic acids is 1. The van der Waals surface area contributed by atoms with Crippen LogP contribution in [0.3, 0.4) is 0 Å². The van der Waals surface area contributed by atoms with E-state index in [1.54, 1.807) is 12.1 Å². The zero-order chi connectivity index (χ0) is 16.8. The van der Waals surface area contributed by atoms with Crippen molar-refractivity contribution in [2.24, 2.45) is 0 Å². The van der Waals surface area contributed by atoms with Crippen LogP contribution in [0.1, 0.15) is 11.1 Å². The van der Waals surface area contributed by atoms with Crippen molar-refractivity contribution in [3.8, 4) is 0 Å². The lowest BCUT2D eigenvalue weighted by molar-refractivity contribution is 0.252. The summed E-state index contributed by atoms with van der Waals surface area (Å²) in [7, 11) is 0. The van der Waals surface area contributed by atoms with Crippen molar-refractivity contribution in [2.75, 3.05) is 11.9 Å². The first-order valence-corrected chi connectivity index (χ1v) is 7.25. The van der Waals surface area contributed by atoms with Gasteiger partial charge in [0.15, 0.2) is 5.82 Å². The highest BCUT2D eigenvalue weighted by Crippen LogP contribution is 2.26. The lowest BCUT2D eigenvalue weighted by Gasteiger charge is -2.10. The molecule has 0 spiro atoms. The van der Waals surface area contributed by atoms with Crippen LogP contribution in [0, 0.1) is 11.6 Å². The molecule has 0 heterocycles. The minimum absolute atomic E-state index is 0.0229. The van der Waals surface area contributed by atoms with Crippen LogP contribution in [-0.4, -0.2) is 17.7 Å². The van der Waals surface area contributed by atoms with Crippen LogP contribution in [0.5, 0.6) is 0 Å². The number of aliphatic hydroxyl groups is 1. The second-order valence-corrected chi connectivity index (χ2v) is 5.26.